The summed E-state index contributed by atoms with van der Waals surface area (Å²) in [7, 11) is 0. The molecular weight excluding hydrogens is 316 g/mol. The Hall–Kier alpha value is -1.30. The third-order valence-corrected chi connectivity index (χ3v) is 5.99. The van der Waals surface area contributed by atoms with E-state index in [1.54, 1.807) is 0 Å². The molecule has 0 unspecified atom stereocenters. The van der Waals surface area contributed by atoms with Gasteiger partial charge >= 0.3 is 0 Å². The van der Waals surface area contributed by atoms with Gasteiger partial charge in [0.15, 0.2) is 0 Å². The van der Waals surface area contributed by atoms with Gasteiger partial charge in [-0.15, -0.1) is 11.3 Å². The van der Waals surface area contributed by atoms with Crippen LogP contribution in [0.15, 0.2) is 24.4 Å². The Morgan fingerprint density at radius 3 is 2.88 bits per heavy atom. The predicted octanol–water partition coefficient (Wildman–Crippen LogP) is 3.20. The normalized spacial score (nSPS) is 22.0. The van der Waals surface area contributed by atoms with Crippen molar-refractivity contribution >= 4 is 11.3 Å². The van der Waals surface area contributed by atoms with Crippen molar-refractivity contribution in [3.8, 4) is 0 Å². The summed E-state index contributed by atoms with van der Waals surface area (Å²) in [6.07, 6.45) is 4.20. The Morgan fingerprint density at radius 2 is 2.21 bits per heavy atom. The van der Waals surface area contributed by atoms with E-state index in [9.17, 15) is 0 Å². The number of piperidine rings is 1. The maximum atomic E-state index is 4.52. The lowest BCUT2D eigenvalue weighted by Gasteiger charge is -2.37. The topological polar surface area (TPSA) is 41.1 Å². The van der Waals surface area contributed by atoms with Gasteiger partial charge in [-0.2, -0.15) is 0 Å². The number of thiazole rings is 1. The van der Waals surface area contributed by atoms with E-state index in [0.717, 1.165) is 32.6 Å². The zero-order valence-corrected chi connectivity index (χ0v) is 15.8. The molecule has 5 heteroatoms. The van der Waals surface area contributed by atoms with Crippen LogP contribution in [-0.2, 0) is 13.0 Å². The first kappa shape index (κ1) is 17.5. The summed E-state index contributed by atoms with van der Waals surface area (Å²) in [6.45, 7) is 10.9. The number of aryl methyl sites for hydroxylation is 2. The van der Waals surface area contributed by atoms with Crippen LogP contribution in [0.5, 0.6) is 0 Å². The van der Waals surface area contributed by atoms with E-state index < -0.39 is 0 Å². The van der Waals surface area contributed by atoms with Crippen molar-refractivity contribution in [2.45, 2.75) is 46.2 Å². The highest BCUT2D eigenvalue weighted by atomic mass is 32.1. The van der Waals surface area contributed by atoms with Gasteiger partial charge in [0.25, 0.3) is 0 Å². The van der Waals surface area contributed by atoms with E-state index in [1.165, 1.54) is 27.7 Å². The first-order valence-corrected chi connectivity index (χ1v) is 9.72. The van der Waals surface area contributed by atoms with Gasteiger partial charge in [0.05, 0.1) is 16.4 Å². The molecule has 0 bridgehead atoms. The highest BCUT2D eigenvalue weighted by Gasteiger charge is 2.25. The highest BCUT2D eigenvalue weighted by molar-refractivity contribution is 7.11. The summed E-state index contributed by atoms with van der Waals surface area (Å²) in [4.78, 5) is 12.9. The van der Waals surface area contributed by atoms with Crippen LogP contribution >= 0.6 is 11.3 Å². The van der Waals surface area contributed by atoms with Gasteiger partial charge in [0.2, 0.25) is 0 Å². The molecule has 130 valence electrons. The van der Waals surface area contributed by atoms with E-state index >= 15 is 0 Å². The lowest BCUT2D eigenvalue weighted by atomic mass is 9.93. The molecule has 0 saturated carbocycles. The van der Waals surface area contributed by atoms with Crippen molar-refractivity contribution in [1.82, 2.24) is 20.2 Å². The van der Waals surface area contributed by atoms with E-state index in [4.69, 9.17) is 0 Å². The van der Waals surface area contributed by atoms with E-state index in [-0.39, 0.29) is 0 Å². The minimum absolute atomic E-state index is 0.624. The molecule has 0 aromatic carbocycles. The standard InChI is InChI=1S/C19H28N4S/c1-14-12-23(13-17-6-4-5-9-20-17)11-8-18(14)21-10-7-19-15(2)22-16(3)24-19/h4-6,9,14,18,21H,7-8,10-13H2,1-3H3/t14-,18+/m0/s1. The Labute approximate surface area is 149 Å². The molecule has 2 aromatic rings. The van der Waals surface area contributed by atoms with Crippen LogP contribution in [0.25, 0.3) is 0 Å². The van der Waals surface area contributed by atoms with Gasteiger partial charge in [-0.05, 0) is 44.7 Å². The quantitative estimate of drug-likeness (QED) is 0.874. The lowest BCUT2D eigenvalue weighted by molar-refractivity contribution is 0.140. The summed E-state index contributed by atoms with van der Waals surface area (Å²) in [5.74, 6) is 0.673. The second-order valence-electron chi connectivity index (χ2n) is 6.87. The van der Waals surface area contributed by atoms with Crippen LogP contribution in [0.3, 0.4) is 0 Å². The zero-order valence-electron chi connectivity index (χ0n) is 15.0. The molecule has 2 atom stereocenters. The molecule has 0 aliphatic carbocycles. The predicted molar refractivity (Wildman–Crippen MR) is 100 cm³/mol. The van der Waals surface area contributed by atoms with Crippen LogP contribution < -0.4 is 5.32 Å². The molecule has 0 radical (unpaired) electrons. The fourth-order valence-corrected chi connectivity index (χ4v) is 4.51. The van der Waals surface area contributed by atoms with Crippen molar-refractivity contribution in [3.05, 3.63) is 45.7 Å². The fraction of sp³-hybridized carbons (Fsp3) is 0.579. The summed E-state index contributed by atoms with van der Waals surface area (Å²) in [6, 6.07) is 6.80. The Bertz CT molecular complexity index is 640. The van der Waals surface area contributed by atoms with Crippen LogP contribution in [0.4, 0.5) is 0 Å². The first-order valence-electron chi connectivity index (χ1n) is 8.90. The van der Waals surface area contributed by atoms with Gasteiger partial charge in [0.1, 0.15) is 0 Å². The SMILES string of the molecule is Cc1nc(C)c(CCN[C@@H]2CCN(Cc3ccccn3)C[C@@H]2C)s1. The highest BCUT2D eigenvalue weighted by Crippen LogP contribution is 2.20. The van der Waals surface area contributed by atoms with Crippen molar-refractivity contribution in [2.24, 2.45) is 5.92 Å². The first-order chi connectivity index (χ1) is 11.6. The number of hydrogen-bond donors (Lipinski definition) is 1. The molecule has 1 aliphatic rings. The summed E-state index contributed by atoms with van der Waals surface area (Å²) < 4.78 is 0. The number of rotatable bonds is 6. The summed E-state index contributed by atoms with van der Waals surface area (Å²) in [5, 5.41) is 4.96. The fourth-order valence-electron chi connectivity index (χ4n) is 3.58. The molecule has 1 aliphatic heterocycles. The molecule has 1 saturated heterocycles. The van der Waals surface area contributed by atoms with E-state index in [0.29, 0.717) is 12.0 Å². The van der Waals surface area contributed by atoms with Gasteiger partial charge in [-0.3, -0.25) is 9.88 Å². The molecule has 3 heterocycles. The number of nitrogens with one attached hydrogen (secondary N) is 1. The second kappa shape index (κ2) is 8.19. The molecule has 2 aromatic heterocycles. The van der Waals surface area contributed by atoms with Crippen molar-refractivity contribution in [1.29, 1.82) is 0 Å². The Morgan fingerprint density at radius 1 is 1.33 bits per heavy atom. The molecule has 0 amide bonds. The third kappa shape index (κ3) is 4.62. The number of aromatic nitrogens is 2. The molecular formula is C19H28N4S. The zero-order chi connectivity index (χ0) is 16.9. The van der Waals surface area contributed by atoms with Crippen molar-refractivity contribution in [3.63, 3.8) is 0 Å². The molecule has 1 N–H and O–H groups in total. The van der Waals surface area contributed by atoms with Crippen LogP contribution in [0.1, 0.15) is 34.6 Å². The number of nitrogens with zero attached hydrogens (tertiary/aromatic N) is 3. The molecule has 1 fully saturated rings. The Kier molecular flexibility index (Phi) is 5.98. The molecule has 3 rings (SSSR count). The largest absolute Gasteiger partial charge is 0.313 e. The van der Waals surface area contributed by atoms with Crippen LogP contribution in [0, 0.1) is 19.8 Å². The molecule has 0 spiro atoms. The number of hydrogen-bond acceptors (Lipinski definition) is 5. The number of likely N-dealkylation sites (tertiary alicyclic amines) is 1. The van der Waals surface area contributed by atoms with Gasteiger partial charge in [-0.1, -0.05) is 13.0 Å². The average Bonchev–Trinajstić information content (AvgIpc) is 2.88. The number of pyridine rings is 1. The van der Waals surface area contributed by atoms with Gasteiger partial charge in [-0.25, -0.2) is 4.98 Å². The maximum Gasteiger partial charge on any atom is 0.0900 e. The minimum Gasteiger partial charge on any atom is -0.313 e. The van der Waals surface area contributed by atoms with Gasteiger partial charge in [0, 0.05) is 43.3 Å². The molecule has 4 nitrogen and oxygen atoms in total. The van der Waals surface area contributed by atoms with Gasteiger partial charge < -0.3 is 5.32 Å². The van der Waals surface area contributed by atoms with Crippen molar-refractivity contribution in [2.75, 3.05) is 19.6 Å². The van der Waals surface area contributed by atoms with Crippen LogP contribution in [-0.4, -0.2) is 40.5 Å². The molecule has 24 heavy (non-hydrogen) atoms. The minimum atomic E-state index is 0.624. The van der Waals surface area contributed by atoms with E-state index in [1.807, 2.05) is 23.6 Å². The lowest BCUT2D eigenvalue weighted by Crippen LogP contribution is -2.48. The summed E-state index contributed by atoms with van der Waals surface area (Å²) >= 11 is 1.84. The second-order valence-corrected chi connectivity index (χ2v) is 8.16. The summed E-state index contributed by atoms with van der Waals surface area (Å²) in [5.41, 5.74) is 2.38. The Balaban J connectivity index is 1.43. The maximum absolute atomic E-state index is 4.52. The smallest absolute Gasteiger partial charge is 0.0900 e. The third-order valence-electron chi connectivity index (χ3n) is 4.86. The monoisotopic (exact) mass is 344 g/mol. The van der Waals surface area contributed by atoms with E-state index in [2.05, 4.69) is 53.1 Å². The average molecular weight is 345 g/mol. The van der Waals surface area contributed by atoms with Crippen molar-refractivity contribution < 1.29 is 0 Å². The van der Waals surface area contributed by atoms with Crippen LogP contribution in [0.2, 0.25) is 0 Å².